The minimum Gasteiger partial charge on any atom is -0.469 e. The SMILES string of the molecule is COC(=O)Cc1cccc(C#CCCO[Si](C)(C)C(C)(C)C)c1. The lowest BCUT2D eigenvalue weighted by Gasteiger charge is -2.35. The van der Waals surface area contributed by atoms with Crippen molar-refractivity contribution in [1.29, 1.82) is 0 Å². The van der Waals surface area contributed by atoms with Crippen molar-refractivity contribution in [3.63, 3.8) is 0 Å². The monoisotopic (exact) mass is 332 g/mol. The van der Waals surface area contributed by atoms with E-state index in [0.29, 0.717) is 13.0 Å². The van der Waals surface area contributed by atoms with E-state index in [1.165, 1.54) is 7.11 Å². The number of benzene rings is 1. The summed E-state index contributed by atoms with van der Waals surface area (Å²) >= 11 is 0. The Morgan fingerprint density at radius 2 is 1.96 bits per heavy atom. The van der Waals surface area contributed by atoms with Crippen LogP contribution in [0.15, 0.2) is 24.3 Å². The second kappa shape index (κ2) is 8.33. The molecular formula is C19H28O3Si. The van der Waals surface area contributed by atoms with Gasteiger partial charge in [-0.25, -0.2) is 0 Å². The van der Waals surface area contributed by atoms with Gasteiger partial charge in [-0.15, -0.1) is 0 Å². The quantitative estimate of drug-likeness (QED) is 0.351. The number of carbonyl (C=O) groups excluding carboxylic acids is 1. The molecule has 0 heterocycles. The van der Waals surface area contributed by atoms with Crippen molar-refractivity contribution < 1.29 is 14.0 Å². The van der Waals surface area contributed by atoms with Gasteiger partial charge in [0.2, 0.25) is 0 Å². The fraction of sp³-hybridized carbons (Fsp3) is 0.526. The summed E-state index contributed by atoms with van der Waals surface area (Å²) < 4.78 is 10.8. The van der Waals surface area contributed by atoms with Crippen LogP contribution in [0.1, 0.15) is 38.3 Å². The molecule has 0 radical (unpaired) electrons. The van der Waals surface area contributed by atoms with Gasteiger partial charge in [0.25, 0.3) is 0 Å². The molecular weight excluding hydrogens is 304 g/mol. The molecule has 4 heteroatoms. The van der Waals surface area contributed by atoms with Crippen LogP contribution in [0.3, 0.4) is 0 Å². The zero-order valence-corrected chi connectivity index (χ0v) is 16.2. The van der Waals surface area contributed by atoms with E-state index in [-0.39, 0.29) is 17.4 Å². The predicted molar refractivity (Wildman–Crippen MR) is 96.8 cm³/mol. The first kappa shape index (κ1) is 19.5. The van der Waals surface area contributed by atoms with Crippen molar-refractivity contribution in [1.82, 2.24) is 0 Å². The molecule has 0 aromatic heterocycles. The molecule has 0 saturated heterocycles. The second-order valence-corrected chi connectivity index (χ2v) is 11.9. The normalized spacial score (nSPS) is 11.6. The van der Waals surface area contributed by atoms with Crippen molar-refractivity contribution in [3.8, 4) is 11.8 Å². The van der Waals surface area contributed by atoms with Crippen LogP contribution in [0, 0.1) is 11.8 Å². The number of methoxy groups -OCH3 is 1. The van der Waals surface area contributed by atoms with Gasteiger partial charge in [0.05, 0.1) is 13.5 Å². The van der Waals surface area contributed by atoms with Crippen LogP contribution in [0.25, 0.3) is 0 Å². The van der Waals surface area contributed by atoms with Crippen molar-refractivity contribution in [2.24, 2.45) is 0 Å². The van der Waals surface area contributed by atoms with Crippen molar-refractivity contribution in [3.05, 3.63) is 35.4 Å². The fourth-order valence-corrected chi connectivity index (χ4v) is 2.78. The maximum absolute atomic E-state index is 11.3. The molecule has 0 saturated carbocycles. The zero-order valence-electron chi connectivity index (χ0n) is 15.2. The Morgan fingerprint density at radius 1 is 1.26 bits per heavy atom. The topological polar surface area (TPSA) is 35.5 Å². The highest BCUT2D eigenvalue weighted by Crippen LogP contribution is 2.36. The van der Waals surface area contributed by atoms with Crippen molar-refractivity contribution in [2.45, 2.75) is 51.7 Å². The molecule has 126 valence electrons. The number of ether oxygens (including phenoxy) is 1. The first-order valence-electron chi connectivity index (χ1n) is 7.94. The molecule has 1 aromatic rings. The molecule has 0 atom stereocenters. The van der Waals surface area contributed by atoms with E-state index in [1.54, 1.807) is 0 Å². The van der Waals surface area contributed by atoms with Gasteiger partial charge < -0.3 is 9.16 Å². The van der Waals surface area contributed by atoms with Crippen LogP contribution >= 0.6 is 0 Å². The summed E-state index contributed by atoms with van der Waals surface area (Å²) in [7, 11) is -0.288. The molecule has 0 N–H and O–H groups in total. The number of hydrogen-bond donors (Lipinski definition) is 0. The maximum Gasteiger partial charge on any atom is 0.309 e. The van der Waals surface area contributed by atoms with E-state index in [9.17, 15) is 4.79 Å². The van der Waals surface area contributed by atoms with E-state index in [4.69, 9.17) is 4.43 Å². The highest BCUT2D eigenvalue weighted by molar-refractivity contribution is 6.74. The Balaban J connectivity index is 2.54. The maximum atomic E-state index is 11.3. The van der Waals surface area contributed by atoms with Gasteiger partial charge in [0.1, 0.15) is 0 Å². The first-order chi connectivity index (χ1) is 10.7. The number of esters is 1. The van der Waals surface area contributed by atoms with Crippen molar-refractivity contribution in [2.75, 3.05) is 13.7 Å². The Bertz CT molecular complexity index is 589. The molecule has 23 heavy (non-hydrogen) atoms. The van der Waals surface area contributed by atoms with E-state index in [2.05, 4.69) is 50.4 Å². The Morgan fingerprint density at radius 3 is 2.57 bits per heavy atom. The van der Waals surface area contributed by atoms with Gasteiger partial charge in [-0.1, -0.05) is 44.7 Å². The molecule has 0 amide bonds. The summed E-state index contributed by atoms with van der Waals surface area (Å²) in [6.45, 7) is 11.9. The third kappa shape index (κ3) is 6.60. The average molecular weight is 333 g/mol. The van der Waals surface area contributed by atoms with Crippen LogP contribution in [0.2, 0.25) is 18.1 Å². The molecule has 1 aromatic carbocycles. The summed E-state index contributed by atoms with van der Waals surface area (Å²) in [6.07, 6.45) is 0.994. The molecule has 0 unspecified atom stereocenters. The smallest absolute Gasteiger partial charge is 0.309 e. The summed E-state index contributed by atoms with van der Waals surface area (Å²) in [6, 6.07) is 7.69. The van der Waals surface area contributed by atoms with Crippen LogP contribution in [0.5, 0.6) is 0 Å². The molecule has 0 spiro atoms. The van der Waals surface area contributed by atoms with Gasteiger partial charge >= 0.3 is 5.97 Å². The minimum absolute atomic E-state index is 0.225. The van der Waals surface area contributed by atoms with E-state index in [1.807, 2.05) is 24.3 Å². The Kier molecular flexibility index (Phi) is 7.05. The van der Waals surface area contributed by atoms with Crippen LogP contribution in [-0.4, -0.2) is 28.0 Å². The molecule has 0 aliphatic carbocycles. The summed E-state index contributed by atoms with van der Waals surface area (Å²) in [5.41, 5.74) is 1.83. The van der Waals surface area contributed by atoms with E-state index in [0.717, 1.165) is 11.1 Å². The largest absolute Gasteiger partial charge is 0.469 e. The fourth-order valence-electron chi connectivity index (χ4n) is 1.74. The average Bonchev–Trinajstić information content (AvgIpc) is 2.46. The van der Waals surface area contributed by atoms with Gasteiger partial charge in [-0.05, 0) is 35.8 Å². The summed E-state index contributed by atoms with van der Waals surface area (Å²) in [4.78, 5) is 11.3. The molecule has 3 nitrogen and oxygen atoms in total. The molecule has 0 bridgehead atoms. The van der Waals surface area contributed by atoms with Crippen molar-refractivity contribution >= 4 is 14.3 Å². The number of rotatable bonds is 5. The zero-order chi connectivity index (χ0) is 17.5. The lowest BCUT2D eigenvalue weighted by atomic mass is 10.1. The first-order valence-corrected chi connectivity index (χ1v) is 10.8. The van der Waals surface area contributed by atoms with Gasteiger partial charge in [-0.3, -0.25) is 4.79 Å². The minimum atomic E-state index is -1.68. The van der Waals surface area contributed by atoms with E-state index < -0.39 is 8.32 Å². The number of hydrogen-bond acceptors (Lipinski definition) is 3. The van der Waals surface area contributed by atoms with E-state index >= 15 is 0 Å². The Labute approximate surface area is 141 Å². The number of carbonyl (C=O) groups is 1. The highest BCUT2D eigenvalue weighted by Gasteiger charge is 2.36. The highest BCUT2D eigenvalue weighted by atomic mass is 28.4. The summed E-state index contributed by atoms with van der Waals surface area (Å²) in [5, 5.41) is 0.225. The third-order valence-electron chi connectivity index (χ3n) is 4.23. The third-order valence-corrected chi connectivity index (χ3v) is 8.77. The van der Waals surface area contributed by atoms with Gasteiger partial charge in [0.15, 0.2) is 8.32 Å². The van der Waals surface area contributed by atoms with Gasteiger partial charge in [0, 0.05) is 18.6 Å². The molecule has 0 aliphatic heterocycles. The Hall–Kier alpha value is -1.57. The standard InChI is InChI=1S/C19H28O3Si/c1-19(2,3)23(5,6)22-13-8-7-10-16-11-9-12-17(14-16)15-18(20)21-4/h9,11-12,14H,8,13,15H2,1-6H3. The van der Waals surface area contributed by atoms with Crippen LogP contribution in [0.4, 0.5) is 0 Å². The second-order valence-electron chi connectivity index (χ2n) is 7.11. The molecule has 1 rings (SSSR count). The lowest BCUT2D eigenvalue weighted by molar-refractivity contribution is -0.139. The molecule has 0 aliphatic rings. The summed E-state index contributed by atoms with van der Waals surface area (Å²) in [5.74, 6) is 6.05. The van der Waals surface area contributed by atoms with Crippen LogP contribution in [-0.2, 0) is 20.4 Å². The predicted octanol–water partition coefficient (Wildman–Crippen LogP) is 4.17. The van der Waals surface area contributed by atoms with Crippen LogP contribution < -0.4 is 0 Å². The lowest BCUT2D eigenvalue weighted by Crippen LogP contribution is -2.40. The molecule has 0 fully saturated rings. The van der Waals surface area contributed by atoms with Gasteiger partial charge in [-0.2, -0.15) is 0 Å².